The molecule has 0 aliphatic rings. The van der Waals surface area contributed by atoms with E-state index >= 15 is 0 Å². The third-order valence-electron chi connectivity index (χ3n) is 3.44. The second kappa shape index (κ2) is 7.27. The molecule has 2 aromatic carbocycles. The first-order valence-electron chi connectivity index (χ1n) is 7.08. The lowest BCUT2D eigenvalue weighted by Gasteiger charge is -2.16. The number of amides is 1. The zero-order chi connectivity index (χ0) is 20.6. The lowest BCUT2D eigenvalue weighted by Crippen LogP contribution is -2.23. The highest BCUT2D eigenvalue weighted by Crippen LogP contribution is 2.36. The Bertz CT molecular complexity index is 958. The maximum atomic E-state index is 13.1. The minimum absolute atomic E-state index is 0.0566. The van der Waals surface area contributed by atoms with Crippen LogP contribution in [0.1, 0.15) is 21.5 Å². The summed E-state index contributed by atoms with van der Waals surface area (Å²) in [5.41, 5.74) is -4.19. The van der Waals surface area contributed by atoms with Crippen molar-refractivity contribution in [1.29, 1.82) is 0 Å². The Morgan fingerprint density at radius 1 is 1.00 bits per heavy atom. The van der Waals surface area contributed by atoms with Gasteiger partial charge in [-0.15, -0.1) is 0 Å². The summed E-state index contributed by atoms with van der Waals surface area (Å²) in [7, 11) is 3.23. The molecule has 0 heterocycles. The number of alkyl halides is 6. The Morgan fingerprint density at radius 3 is 2.15 bits per heavy atom. The molecule has 0 fully saturated rings. The van der Waals surface area contributed by atoms with E-state index in [0.717, 1.165) is 0 Å². The van der Waals surface area contributed by atoms with Crippen LogP contribution < -0.4 is 16.1 Å². The summed E-state index contributed by atoms with van der Waals surface area (Å²) >= 11 is 0. The predicted octanol–water partition coefficient (Wildman–Crippen LogP) is 3.66. The molecular formula is C16H9BF6NO2P. The van der Waals surface area contributed by atoms with Gasteiger partial charge in [0.05, 0.1) is 27.7 Å². The van der Waals surface area contributed by atoms with Gasteiger partial charge in [0.1, 0.15) is 15.3 Å². The fourth-order valence-corrected chi connectivity index (χ4v) is 2.90. The molecule has 11 heteroatoms. The van der Waals surface area contributed by atoms with Crippen molar-refractivity contribution in [3.05, 3.63) is 53.1 Å². The van der Waals surface area contributed by atoms with Crippen LogP contribution in [0.15, 0.2) is 36.4 Å². The third kappa shape index (κ3) is 4.83. The first kappa shape index (κ1) is 20.8. The largest absolute Gasteiger partial charge is 0.417 e. The molecule has 0 bridgehead atoms. The number of carbonyl (C=O) groups is 1. The third-order valence-corrected chi connectivity index (χ3v) is 4.34. The maximum absolute atomic E-state index is 13.1. The summed E-state index contributed by atoms with van der Waals surface area (Å²) in [6, 6.07) is 4.17. The van der Waals surface area contributed by atoms with Gasteiger partial charge in [-0.3, -0.25) is 9.36 Å². The highest BCUT2D eigenvalue weighted by molar-refractivity contribution is 7.52. The summed E-state index contributed by atoms with van der Waals surface area (Å²) in [6.45, 7) is 0. The van der Waals surface area contributed by atoms with E-state index in [1.54, 1.807) is 0 Å². The number of rotatable bonds is 3. The molecule has 0 saturated carbocycles. The van der Waals surface area contributed by atoms with Crippen LogP contribution in [-0.2, 0) is 16.9 Å². The van der Waals surface area contributed by atoms with Crippen LogP contribution in [0.2, 0.25) is 0 Å². The van der Waals surface area contributed by atoms with Crippen molar-refractivity contribution in [3.63, 3.8) is 0 Å². The Balaban J connectivity index is 2.55. The van der Waals surface area contributed by atoms with Crippen LogP contribution in [0.4, 0.5) is 32.0 Å². The second-order valence-corrected chi connectivity index (χ2v) is 6.60. The highest BCUT2D eigenvalue weighted by atomic mass is 31.1. The Morgan fingerprint density at radius 2 is 1.63 bits per heavy atom. The van der Waals surface area contributed by atoms with Crippen molar-refractivity contribution in [2.75, 3.05) is 5.32 Å². The standard InChI is InChI=1S/C16H9BF6NO2P/c1-27(26)13-7-9(17)3-5-12(13)24-14(25)10-6-8(15(18,19)20)2-4-11(10)16(21,22)23/h2-7H,1H2,(H,24,25). The molecular weight excluding hydrogens is 394 g/mol. The Hall–Kier alpha value is -2.48. The number of carbonyl (C=O) groups excluding carboxylic acids is 1. The lowest BCUT2D eigenvalue weighted by atomic mass is 9.96. The summed E-state index contributed by atoms with van der Waals surface area (Å²) in [5.74, 6) is -1.45. The van der Waals surface area contributed by atoms with E-state index in [-0.39, 0.29) is 34.7 Å². The van der Waals surface area contributed by atoms with Crippen molar-refractivity contribution in [3.8, 4) is 0 Å². The van der Waals surface area contributed by atoms with Crippen LogP contribution in [0.25, 0.3) is 0 Å². The average Bonchev–Trinajstić information content (AvgIpc) is 2.54. The molecule has 1 unspecified atom stereocenters. The van der Waals surface area contributed by atoms with Gasteiger partial charge in [-0.2, -0.15) is 26.3 Å². The molecule has 0 aliphatic heterocycles. The fourth-order valence-electron chi connectivity index (χ4n) is 2.21. The minimum Gasteiger partial charge on any atom is -0.321 e. The van der Waals surface area contributed by atoms with Gasteiger partial charge in [0.15, 0.2) is 0 Å². The average molecular weight is 403 g/mol. The van der Waals surface area contributed by atoms with E-state index in [1.165, 1.54) is 18.2 Å². The first-order chi connectivity index (χ1) is 12.3. The molecule has 1 amide bonds. The lowest BCUT2D eigenvalue weighted by molar-refractivity contribution is -0.141. The van der Waals surface area contributed by atoms with Crippen molar-refractivity contribution < 1.29 is 35.7 Å². The molecule has 1 N–H and O–H groups in total. The molecule has 2 aromatic rings. The van der Waals surface area contributed by atoms with E-state index in [2.05, 4.69) is 6.30 Å². The number of nitrogens with one attached hydrogen (secondary N) is 1. The first-order valence-corrected chi connectivity index (χ1v) is 8.52. The van der Waals surface area contributed by atoms with Crippen molar-refractivity contribution in [2.45, 2.75) is 12.4 Å². The van der Waals surface area contributed by atoms with Crippen LogP contribution >= 0.6 is 7.42 Å². The van der Waals surface area contributed by atoms with Crippen LogP contribution in [-0.4, -0.2) is 20.1 Å². The van der Waals surface area contributed by atoms with E-state index in [4.69, 9.17) is 7.85 Å². The molecule has 1 atom stereocenters. The topological polar surface area (TPSA) is 46.2 Å². The van der Waals surface area contributed by atoms with Gasteiger partial charge < -0.3 is 5.32 Å². The summed E-state index contributed by atoms with van der Waals surface area (Å²) in [4.78, 5) is 12.3. The molecule has 0 saturated heterocycles. The normalized spacial score (nSPS) is 12.6. The quantitative estimate of drug-likeness (QED) is 0.483. The molecule has 2 radical (unpaired) electrons. The van der Waals surface area contributed by atoms with Crippen LogP contribution in [0, 0.1) is 0 Å². The van der Waals surface area contributed by atoms with Gasteiger partial charge in [0.25, 0.3) is 5.91 Å². The van der Waals surface area contributed by atoms with Crippen LogP contribution in [0.3, 0.4) is 0 Å². The molecule has 2 rings (SSSR count). The predicted molar refractivity (Wildman–Crippen MR) is 90.6 cm³/mol. The van der Waals surface area contributed by atoms with Gasteiger partial charge in [-0.05, 0) is 30.6 Å². The molecule has 3 nitrogen and oxygen atoms in total. The molecule has 27 heavy (non-hydrogen) atoms. The maximum Gasteiger partial charge on any atom is 0.417 e. The fraction of sp³-hybridized carbons (Fsp3) is 0.125. The van der Waals surface area contributed by atoms with Gasteiger partial charge in [0.2, 0.25) is 0 Å². The Labute approximate surface area is 151 Å². The van der Waals surface area contributed by atoms with Crippen molar-refractivity contribution in [2.24, 2.45) is 0 Å². The molecule has 0 aliphatic carbocycles. The van der Waals surface area contributed by atoms with Gasteiger partial charge >= 0.3 is 12.4 Å². The molecule has 0 aromatic heterocycles. The van der Waals surface area contributed by atoms with E-state index < -0.39 is 42.4 Å². The zero-order valence-corrected chi connectivity index (χ0v) is 14.2. The number of hydrogen-bond donors (Lipinski definition) is 1. The highest BCUT2D eigenvalue weighted by Gasteiger charge is 2.38. The molecule has 0 spiro atoms. The Kier molecular flexibility index (Phi) is 5.61. The number of halogens is 6. The van der Waals surface area contributed by atoms with Crippen molar-refractivity contribution >= 4 is 43.9 Å². The van der Waals surface area contributed by atoms with Gasteiger partial charge in [0, 0.05) is 0 Å². The minimum atomic E-state index is -5.06. The van der Waals surface area contributed by atoms with Gasteiger partial charge in [-0.1, -0.05) is 17.6 Å². The zero-order valence-electron chi connectivity index (χ0n) is 13.3. The van der Waals surface area contributed by atoms with Crippen molar-refractivity contribution in [1.82, 2.24) is 0 Å². The van der Waals surface area contributed by atoms with Gasteiger partial charge in [-0.25, -0.2) is 0 Å². The monoisotopic (exact) mass is 403 g/mol. The number of anilines is 1. The summed E-state index contributed by atoms with van der Waals surface area (Å²) in [5, 5.41) is 1.98. The smallest absolute Gasteiger partial charge is 0.321 e. The summed E-state index contributed by atoms with van der Waals surface area (Å²) < 4.78 is 89.4. The molecule has 140 valence electrons. The van der Waals surface area contributed by atoms with E-state index in [1.807, 2.05) is 5.32 Å². The second-order valence-electron chi connectivity index (χ2n) is 5.37. The van der Waals surface area contributed by atoms with E-state index in [0.29, 0.717) is 0 Å². The summed E-state index contributed by atoms with van der Waals surface area (Å²) in [6.07, 6.45) is -6.73. The van der Waals surface area contributed by atoms with Crippen LogP contribution in [0.5, 0.6) is 0 Å². The number of benzene rings is 2. The SMILES string of the molecule is [B]c1ccc(NC(=O)c2cc(C(F)(F)F)ccc2C(F)(F)F)c(P(=C)=O)c1. The van der Waals surface area contributed by atoms with E-state index in [9.17, 15) is 35.7 Å². The number of hydrogen-bond acceptors (Lipinski definition) is 2.